The van der Waals surface area contributed by atoms with E-state index in [0.717, 1.165) is 39.1 Å². The first-order valence-corrected chi connectivity index (χ1v) is 10.2. The van der Waals surface area contributed by atoms with Crippen LogP contribution in [0, 0.1) is 13.8 Å². The zero-order chi connectivity index (χ0) is 22.0. The predicted molar refractivity (Wildman–Crippen MR) is 118 cm³/mol. The Labute approximate surface area is 180 Å². The molecule has 31 heavy (non-hydrogen) atoms. The van der Waals surface area contributed by atoms with Gasteiger partial charge in [0.2, 0.25) is 5.91 Å². The summed E-state index contributed by atoms with van der Waals surface area (Å²) in [6.07, 6.45) is 0.944. The Morgan fingerprint density at radius 1 is 1.06 bits per heavy atom. The number of carbonyl (C=O) groups excluding carboxylic acids is 2. The quantitative estimate of drug-likeness (QED) is 0.486. The lowest BCUT2D eigenvalue weighted by Gasteiger charge is -2.11. The van der Waals surface area contributed by atoms with E-state index in [4.69, 9.17) is 9.72 Å². The van der Waals surface area contributed by atoms with Gasteiger partial charge in [0.05, 0.1) is 18.2 Å². The van der Waals surface area contributed by atoms with Crippen LogP contribution in [-0.2, 0) is 22.5 Å². The molecule has 0 radical (unpaired) electrons. The van der Waals surface area contributed by atoms with Crippen LogP contribution in [-0.4, -0.2) is 33.6 Å². The minimum absolute atomic E-state index is 0.0402. The smallest absolute Gasteiger partial charge is 0.337 e. The normalized spacial score (nSPS) is 11.1. The molecule has 0 spiro atoms. The molecule has 2 heterocycles. The van der Waals surface area contributed by atoms with Gasteiger partial charge >= 0.3 is 5.97 Å². The summed E-state index contributed by atoms with van der Waals surface area (Å²) >= 11 is 0. The number of nitrogens with zero attached hydrogens (tertiary/aromatic N) is 3. The zero-order valence-corrected chi connectivity index (χ0v) is 17.8. The molecular weight excluding hydrogens is 392 g/mol. The van der Waals surface area contributed by atoms with Crippen LogP contribution in [0.3, 0.4) is 0 Å². The molecule has 7 heteroatoms. The van der Waals surface area contributed by atoms with Crippen molar-refractivity contribution in [2.75, 3.05) is 7.11 Å². The van der Waals surface area contributed by atoms with E-state index in [1.54, 1.807) is 24.3 Å². The van der Waals surface area contributed by atoms with Crippen LogP contribution < -0.4 is 5.32 Å². The minimum atomic E-state index is -0.378. The first-order chi connectivity index (χ1) is 15.0. The fourth-order valence-corrected chi connectivity index (χ4v) is 3.74. The first kappa shape index (κ1) is 20.5. The molecule has 7 nitrogen and oxygen atoms in total. The van der Waals surface area contributed by atoms with E-state index in [2.05, 4.69) is 10.4 Å². The van der Waals surface area contributed by atoms with Gasteiger partial charge in [-0.1, -0.05) is 24.3 Å². The van der Waals surface area contributed by atoms with Crippen molar-refractivity contribution in [3.63, 3.8) is 0 Å². The average molecular weight is 416 g/mol. The molecule has 1 N–H and O–H groups in total. The lowest BCUT2D eigenvalue weighted by Crippen LogP contribution is -2.23. The Morgan fingerprint density at radius 3 is 2.55 bits per heavy atom. The van der Waals surface area contributed by atoms with Crippen LogP contribution in [0.4, 0.5) is 0 Å². The molecular formula is C24H24N4O3. The van der Waals surface area contributed by atoms with E-state index in [0.29, 0.717) is 24.9 Å². The summed E-state index contributed by atoms with van der Waals surface area (Å²) in [5.74, 6) is -0.418. The molecule has 0 aliphatic heterocycles. The number of hydrogen-bond donors (Lipinski definition) is 1. The lowest BCUT2D eigenvalue weighted by atomic mass is 10.1. The Morgan fingerprint density at radius 2 is 1.81 bits per heavy atom. The highest BCUT2D eigenvalue weighted by molar-refractivity contribution is 5.92. The van der Waals surface area contributed by atoms with E-state index in [-0.39, 0.29) is 11.9 Å². The number of hydrogen-bond acceptors (Lipinski definition) is 5. The van der Waals surface area contributed by atoms with Crippen LogP contribution >= 0.6 is 0 Å². The number of rotatable bonds is 6. The first-order valence-electron chi connectivity index (χ1n) is 10.2. The number of esters is 1. The molecule has 0 bridgehead atoms. The summed E-state index contributed by atoms with van der Waals surface area (Å²) in [6.45, 7) is 4.40. The summed E-state index contributed by atoms with van der Waals surface area (Å²) in [4.78, 5) is 28.7. The molecule has 4 aromatic rings. The number of aryl methyl sites for hydroxylation is 2. The van der Waals surface area contributed by atoms with Crippen molar-refractivity contribution >= 4 is 28.4 Å². The van der Waals surface area contributed by atoms with Crippen molar-refractivity contribution in [3.8, 4) is 0 Å². The van der Waals surface area contributed by atoms with Crippen molar-refractivity contribution in [3.05, 3.63) is 76.6 Å². The Bertz CT molecular complexity index is 1280. The highest BCUT2D eigenvalue weighted by Gasteiger charge is 2.15. The largest absolute Gasteiger partial charge is 0.465 e. The SMILES string of the molecule is COC(=O)c1ccc(CNC(=O)CCc2c(C)nc3c4ccccc4nn3c2C)cc1. The maximum absolute atomic E-state index is 12.4. The molecule has 2 aromatic carbocycles. The summed E-state index contributed by atoms with van der Waals surface area (Å²) in [6, 6.07) is 14.9. The van der Waals surface area contributed by atoms with Gasteiger partial charge in [0.25, 0.3) is 0 Å². The number of ether oxygens (including phenoxy) is 1. The second-order valence-electron chi connectivity index (χ2n) is 7.48. The molecule has 0 unspecified atom stereocenters. The number of fused-ring (bicyclic) bond motifs is 3. The van der Waals surface area contributed by atoms with Crippen molar-refractivity contribution in [1.82, 2.24) is 19.9 Å². The summed E-state index contributed by atoms with van der Waals surface area (Å²) in [5, 5.41) is 8.62. The molecule has 158 valence electrons. The maximum atomic E-state index is 12.4. The summed E-state index contributed by atoms with van der Waals surface area (Å²) < 4.78 is 6.56. The third kappa shape index (κ3) is 4.12. The van der Waals surface area contributed by atoms with Crippen molar-refractivity contribution in [1.29, 1.82) is 0 Å². The lowest BCUT2D eigenvalue weighted by molar-refractivity contribution is -0.121. The van der Waals surface area contributed by atoms with Gasteiger partial charge in [-0.05, 0) is 55.7 Å². The van der Waals surface area contributed by atoms with Crippen molar-refractivity contribution in [2.24, 2.45) is 0 Å². The third-order valence-corrected chi connectivity index (χ3v) is 5.48. The second-order valence-corrected chi connectivity index (χ2v) is 7.48. The molecule has 2 aromatic heterocycles. The third-order valence-electron chi connectivity index (χ3n) is 5.48. The Hall–Kier alpha value is -3.74. The van der Waals surface area contributed by atoms with Gasteiger partial charge in [0, 0.05) is 29.7 Å². The average Bonchev–Trinajstić information content (AvgIpc) is 3.16. The number of aromatic nitrogens is 3. The van der Waals surface area contributed by atoms with Gasteiger partial charge in [-0.2, -0.15) is 5.10 Å². The molecule has 0 aliphatic rings. The van der Waals surface area contributed by atoms with Crippen LogP contribution in [0.25, 0.3) is 16.6 Å². The van der Waals surface area contributed by atoms with Gasteiger partial charge in [0.15, 0.2) is 5.65 Å². The van der Waals surface area contributed by atoms with Crippen molar-refractivity contribution < 1.29 is 14.3 Å². The van der Waals surface area contributed by atoms with E-state index in [1.807, 2.05) is 42.6 Å². The maximum Gasteiger partial charge on any atom is 0.337 e. The number of methoxy groups -OCH3 is 1. The van der Waals surface area contributed by atoms with Crippen LogP contribution in [0.5, 0.6) is 0 Å². The van der Waals surface area contributed by atoms with E-state index in [1.165, 1.54) is 7.11 Å². The molecule has 0 aliphatic carbocycles. The fraction of sp³-hybridized carbons (Fsp3) is 0.250. The van der Waals surface area contributed by atoms with Gasteiger partial charge in [-0.3, -0.25) is 4.79 Å². The van der Waals surface area contributed by atoms with Crippen LogP contribution in [0.2, 0.25) is 0 Å². The van der Waals surface area contributed by atoms with E-state index >= 15 is 0 Å². The van der Waals surface area contributed by atoms with Gasteiger partial charge in [-0.25, -0.2) is 14.3 Å². The van der Waals surface area contributed by atoms with Crippen LogP contribution in [0.15, 0.2) is 48.5 Å². The molecule has 1 amide bonds. The number of benzene rings is 2. The molecule has 0 saturated heterocycles. The molecule has 0 atom stereocenters. The van der Waals surface area contributed by atoms with Crippen LogP contribution in [0.1, 0.15) is 39.3 Å². The minimum Gasteiger partial charge on any atom is -0.465 e. The molecule has 4 rings (SSSR count). The Balaban J connectivity index is 1.42. The van der Waals surface area contributed by atoms with Crippen molar-refractivity contribution in [2.45, 2.75) is 33.2 Å². The van der Waals surface area contributed by atoms with E-state index in [9.17, 15) is 9.59 Å². The van der Waals surface area contributed by atoms with E-state index < -0.39 is 0 Å². The summed E-state index contributed by atoms with van der Waals surface area (Å²) in [5.41, 5.74) is 6.11. The number of carbonyl (C=O) groups is 2. The predicted octanol–water partition coefficient (Wildman–Crippen LogP) is 3.53. The highest BCUT2D eigenvalue weighted by Crippen LogP contribution is 2.22. The Kier molecular flexibility index (Phi) is 5.66. The monoisotopic (exact) mass is 416 g/mol. The van der Waals surface area contributed by atoms with Gasteiger partial charge in [-0.15, -0.1) is 0 Å². The topological polar surface area (TPSA) is 85.6 Å². The number of amides is 1. The summed E-state index contributed by atoms with van der Waals surface area (Å²) in [7, 11) is 1.35. The second kappa shape index (κ2) is 8.55. The van der Waals surface area contributed by atoms with Gasteiger partial charge < -0.3 is 10.1 Å². The fourth-order valence-electron chi connectivity index (χ4n) is 3.74. The zero-order valence-electron chi connectivity index (χ0n) is 17.8. The molecule has 0 saturated carbocycles. The highest BCUT2D eigenvalue weighted by atomic mass is 16.5. The standard InChI is InChI=1S/C24H24N4O3/c1-15-19(16(2)28-23(26-15)20-6-4-5-7-21(20)27-28)12-13-22(29)25-14-17-8-10-18(11-9-17)24(30)31-3/h4-11H,12-14H2,1-3H3,(H,25,29). The molecule has 0 fully saturated rings. The van der Waals surface area contributed by atoms with Gasteiger partial charge in [0.1, 0.15) is 0 Å². The number of nitrogens with one attached hydrogen (secondary N) is 1.